The number of rotatable bonds is 2. The Bertz CT molecular complexity index is 477. The molecule has 0 aromatic carbocycles. The first-order valence-corrected chi connectivity index (χ1v) is 6.23. The minimum Gasteiger partial charge on any atom is -0.360 e. The van der Waals surface area contributed by atoms with Crippen molar-refractivity contribution in [3.8, 4) is 11.4 Å². The van der Waals surface area contributed by atoms with Crippen LogP contribution >= 0.6 is 0 Å². The van der Waals surface area contributed by atoms with Gasteiger partial charge in [0.25, 0.3) is 0 Å². The van der Waals surface area contributed by atoms with Crippen molar-refractivity contribution in [3.05, 3.63) is 30.1 Å². The molecular formula is C13H18N4. The zero-order chi connectivity index (χ0) is 11.7. The van der Waals surface area contributed by atoms with E-state index in [-0.39, 0.29) is 0 Å². The second-order valence-corrected chi connectivity index (χ2v) is 4.71. The van der Waals surface area contributed by atoms with E-state index in [1.807, 2.05) is 24.0 Å². The molecule has 1 unspecified atom stereocenters. The summed E-state index contributed by atoms with van der Waals surface area (Å²) < 4.78 is 1.97. The molecule has 0 radical (unpaired) electrons. The molecule has 4 heteroatoms. The monoisotopic (exact) mass is 230 g/mol. The topological polar surface area (TPSA) is 45.6 Å². The first-order chi connectivity index (χ1) is 8.34. The minimum absolute atomic E-state index is 0.568. The lowest BCUT2D eigenvalue weighted by molar-refractivity contribution is 0.451. The van der Waals surface area contributed by atoms with Crippen molar-refractivity contribution in [2.45, 2.75) is 18.8 Å². The Labute approximate surface area is 101 Å². The zero-order valence-electron chi connectivity index (χ0n) is 10.1. The Morgan fingerprint density at radius 1 is 1.47 bits per heavy atom. The van der Waals surface area contributed by atoms with Gasteiger partial charge in [0.2, 0.25) is 0 Å². The fraction of sp³-hybridized carbons (Fsp3) is 0.462. The molecule has 3 heterocycles. The van der Waals surface area contributed by atoms with Crippen LogP contribution in [0.15, 0.2) is 24.4 Å². The van der Waals surface area contributed by atoms with Crippen LogP contribution in [0.5, 0.6) is 0 Å². The number of aromatic amines is 1. The van der Waals surface area contributed by atoms with Crippen LogP contribution in [0.1, 0.15) is 24.5 Å². The highest BCUT2D eigenvalue weighted by atomic mass is 15.3. The van der Waals surface area contributed by atoms with Gasteiger partial charge in [-0.1, -0.05) is 0 Å². The predicted octanol–water partition coefficient (Wildman–Crippen LogP) is 1.88. The molecule has 2 aromatic rings. The molecular weight excluding hydrogens is 212 g/mol. The molecule has 1 atom stereocenters. The highest BCUT2D eigenvalue weighted by Gasteiger charge is 2.19. The summed E-state index contributed by atoms with van der Waals surface area (Å²) in [5.74, 6) is 0.568. The number of aromatic nitrogens is 3. The fourth-order valence-electron chi connectivity index (χ4n) is 2.53. The molecule has 1 aliphatic heterocycles. The third-order valence-electron chi connectivity index (χ3n) is 3.49. The van der Waals surface area contributed by atoms with Gasteiger partial charge in [-0.25, -0.2) is 0 Å². The van der Waals surface area contributed by atoms with E-state index in [9.17, 15) is 0 Å². The van der Waals surface area contributed by atoms with E-state index in [2.05, 4.69) is 27.5 Å². The molecule has 0 amide bonds. The summed E-state index contributed by atoms with van der Waals surface area (Å²) in [5.41, 5.74) is 3.51. The first-order valence-electron chi connectivity index (χ1n) is 6.23. The Hall–Kier alpha value is -1.55. The van der Waals surface area contributed by atoms with Crippen LogP contribution < -0.4 is 5.32 Å². The van der Waals surface area contributed by atoms with Crippen LogP contribution in [0.25, 0.3) is 11.4 Å². The van der Waals surface area contributed by atoms with E-state index < -0.39 is 0 Å². The zero-order valence-corrected chi connectivity index (χ0v) is 10.1. The van der Waals surface area contributed by atoms with Gasteiger partial charge in [-0.3, -0.25) is 4.68 Å². The summed E-state index contributed by atoms with van der Waals surface area (Å²) in [6.07, 6.45) is 4.44. The SMILES string of the molecule is Cn1nc(C2CCCNC2)cc1-c1ccc[nH]1. The lowest BCUT2D eigenvalue weighted by atomic mass is 9.96. The number of nitrogens with zero attached hydrogens (tertiary/aromatic N) is 2. The molecule has 90 valence electrons. The maximum absolute atomic E-state index is 4.65. The van der Waals surface area contributed by atoms with Crippen LogP contribution in [0.3, 0.4) is 0 Å². The fourth-order valence-corrected chi connectivity index (χ4v) is 2.53. The lowest BCUT2D eigenvalue weighted by Crippen LogP contribution is -2.28. The summed E-state index contributed by atoms with van der Waals surface area (Å²) in [5, 5.41) is 8.09. The third-order valence-corrected chi connectivity index (χ3v) is 3.49. The Morgan fingerprint density at radius 2 is 2.41 bits per heavy atom. The van der Waals surface area contributed by atoms with E-state index in [1.165, 1.54) is 18.5 Å². The molecule has 2 N–H and O–H groups in total. The average Bonchev–Trinajstić information content (AvgIpc) is 2.99. The molecule has 0 saturated carbocycles. The summed E-state index contributed by atoms with van der Waals surface area (Å²) >= 11 is 0. The molecule has 2 aromatic heterocycles. The maximum Gasteiger partial charge on any atom is 0.0844 e. The largest absolute Gasteiger partial charge is 0.360 e. The van der Waals surface area contributed by atoms with E-state index in [4.69, 9.17) is 0 Å². The van der Waals surface area contributed by atoms with Crippen molar-refractivity contribution in [1.29, 1.82) is 0 Å². The molecule has 1 fully saturated rings. The summed E-state index contributed by atoms with van der Waals surface area (Å²) in [7, 11) is 2.01. The molecule has 17 heavy (non-hydrogen) atoms. The van der Waals surface area contributed by atoms with Crippen LogP contribution in [-0.4, -0.2) is 27.9 Å². The van der Waals surface area contributed by atoms with Gasteiger partial charge in [0, 0.05) is 25.7 Å². The van der Waals surface area contributed by atoms with Gasteiger partial charge >= 0.3 is 0 Å². The van der Waals surface area contributed by atoms with Crippen molar-refractivity contribution in [2.75, 3.05) is 13.1 Å². The highest BCUT2D eigenvalue weighted by Crippen LogP contribution is 2.26. The Morgan fingerprint density at radius 3 is 3.12 bits per heavy atom. The first kappa shape index (κ1) is 10.6. The van der Waals surface area contributed by atoms with Crippen LogP contribution in [0.2, 0.25) is 0 Å². The summed E-state index contributed by atoms with van der Waals surface area (Å²) in [6, 6.07) is 6.31. The Kier molecular flexibility index (Phi) is 2.73. The van der Waals surface area contributed by atoms with Gasteiger partial charge in [0.15, 0.2) is 0 Å². The maximum atomic E-state index is 4.65. The lowest BCUT2D eigenvalue weighted by Gasteiger charge is -2.20. The van der Waals surface area contributed by atoms with Gasteiger partial charge in [0.05, 0.1) is 17.1 Å². The molecule has 0 aliphatic carbocycles. The van der Waals surface area contributed by atoms with E-state index in [1.54, 1.807) is 0 Å². The molecule has 0 spiro atoms. The second-order valence-electron chi connectivity index (χ2n) is 4.71. The van der Waals surface area contributed by atoms with Crippen molar-refractivity contribution in [1.82, 2.24) is 20.1 Å². The molecule has 1 saturated heterocycles. The van der Waals surface area contributed by atoms with Crippen LogP contribution in [0.4, 0.5) is 0 Å². The van der Waals surface area contributed by atoms with Crippen molar-refractivity contribution >= 4 is 0 Å². The van der Waals surface area contributed by atoms with E-state index in [0.717, 1.165) is 24.5 Å². The molecule has 1 aliphatic rings. The molecule has 3 rings (SSSR count). The van der Waals surface area contributed by atoms with Gasteiger partial charge in [-0.2, -0.15) is 5.10 Å². The summed E-state index contributed by atoms with van der Waals surface area (Å²) in [6.45, 7) is 2.20. The molecule has 4 nitrogen and oxygen atoms in total. The van der Waals surface area contributed by atoms with E-state index in [0.29, 0.717) is 5.92 Å². The van der Waals surface area contributed by atoms with Crippen molar-refractivity contribution < 1.29 is 0 Å². The van der Waals surface area contributed by atoms with Gasteiger partial charge < -0.3 is 10.3 Å². The number of H-pyrrole nitrogens is 1. The summed E-state index contributed by atoms with van der Waals surface area (Å²) in [4.78, 5) is 3.23. The predicted molar refractivity (Wildman–Crippen MR) is 67.8 cm³/mol. The smallest absolute Gasteiger partial charge is 0.0844 e. The standard InChI is InChI=1S/C13H18N4/c1-17-13(11-5-3-7-15-11)8-12(16-17)10-4-2-6-14-9-10/h3,5,7-8,10,14-15H,2,4,6,9H2,1H3. The van der Waals surface area contributed by atoms with Gasteiger partial charge in [-0.05, 0) is 37.6 Å². The van der Waals surface area contributed by atoms with Crippen molar-refractivity contribution in [2.24, 2.45) is 7.05 Å². The second kappa shape index (κ2) is 4.37. The quantitative estimate of drug-likeness (QED) is 0.827. The minimum atomic E-state index is 0.568. The van der Waals surface area contributed by atoms with Gasteiger partial charge in [0.1, 0.15) is 0 Å². The third kappa shape index (κ3) is 2.00. The molecule has 0 bridgehead atoms. The number of aryl methyl sites for hydroxylation is 1. The highest BCUT2D eigenvalue weighted by molar-refractivity contribution is 5.55. The number of nitrogens with one attached hydrogen (secondary N) is 2. The van der Waals surface area contributed by atoms with Crippen LogP contribution in [-0.2, 0) is 7.05 Å². The number of piperidine rings is 1. The number of hydrogen-bond acceptors (Lipinski definition) is 2. The number of hydrogen-bond donors (Lipinski definition) is 2. The van der Waals surface area contributed by atoms with Crippen LogP contribution in [0, 0.1) is 0 Å². The normalized spacial score (nSPS) is 20.6. The van der Waals surface area contributed by atoms with E-state index >= 15 is 0 Å². The van der Waals surface area contributed by atoms with Gasteiger partial charge in [-0.15, -0.1) is 0 Å². The average molecular weight is 230 g/mol. The van der Waals surface area contributed by atoms with Crippen molar-refractivity contribution in [3.63, 3.8) is 0 Å². The Balaban J connectivity index is 1.90.